The molecule has 0 spiro atoms. The second-order valence-corrected chi connectivity index (χ2v) is 6.85. The van der Waals surface area contributed by atoms with Crippen LogP contribution in [0.25, 0.3) is 11.1 Å². The Morgan fingerprint density at radius 1 is 1.35 bits per heavy atom. The van der Waals surface area contributed by atoms with Crippen LogP contribution in [0.15, 0.2) is 35.0 Å². The number of amides is 1. The lowest BCUT2D eigenvalue weighted by molar-refractivity contribution is 0.0228. The highest BCUT2D eigenvalue weighted by Crippen LogP contribution is 2.37. The van der Waals surface area contributed by atoms with Crippen LogP contribution in [0.3, 0.4) is 0 Å². The van der Waals surface area contributed by atoms with Crippen LogP contribution in [0.2, 0.25) is 0 Å². The summed E-state index contributed by atoms with van der Waals surface area (Å²) in [5.41, 5.74) is 2.97. The van der Waals surface area contributed by atoms with E-state index in [0.29, 0.717) is 40.9 Å². The molecule has 7 heteroatoms. The SMILES string of the molecule is Cc1cc(C(=O)NC(c2ccccn2)C2CC(O)C2)c2c(C)noc2n1. The van der Waals surface area contributed by atoms with Crippen molar-refractivity contribution in [3.05, 3.63) is 53.1 Å². The quantitative estimate of drug-likeness (QED) is 0.748. The molecule has 1 aliphatic rings. The molecule has 0 aliphatic heterocycles. The number of carbonyl (C=O) groups excluding carboxylic acids is 1. The highest BCUT2D eigenvalue weighted by Gasteiger charge is 2.36. The van der Waals surface area contributed by atoms with E-state index in [0.717, 1.165) is 5.69 Å². The van der Waals surface area contributed by atoms with Gasteiger partial charge in [-0.2, -0.15) is 0 Å². The zero-order chi connectivity index (χ0) is 18.3. The van der Waals surface area contributed by atoms with Crippen molar-refractivity contribution in [3.63, 3.8) is 0 Å². The van der Waals surface area contributed by atoms with Gasteiger partial charge in [0.05, 0.1) is 34.5 Å². The minimum Gasteiger partial charge on any atom is -0.393 e. The molecular formula is C19H20N4O3. The predicted molar refractivity (Wildman–Crippen MR) is 94.5 cm³/mol. The van der Waals surface area contributed by atoms with E-state index in [1.807, 2.05) is 25.1 Å². The first-order valence-corrected chi connectivity index (χ1v) is 8.66. The van der Waals surface area contributed by atoms with Gasteiger partial charge in [-0.25, -0.2) is 4.98 Å². The van der Waals surface area contributed by atoms with Crippen molar-refractivity contribution in [2.75, 3.05) is 0 Å². The summed E-state index contributed by atoms with van der Waals surface area (Å²) >= 11 is 0. The standard InChI is InChI=1S/C19H20N4O3/c1-10-7-14(16-11(2)23-26-19(16)21-10)18(25)22-17(12-8-13(24)9-12)15-5-3-4-6-20-15/h3-7,12-13,17,24H,8-9H2,1-2H3,(H,22,25). The van der Waals surface area contributed by atoms with Crippen molar-refractivity contribution in [1.82, 2.24) is 20.4 Å². The number of aryl methyl sites for hydroxylation is 2. The molecule has 134 valence electrons. The summed E-state index contributed by atoms with van der Waals surface area (Å²) in [6, 6.07) is 7.13. The molecule has 26 heavy (non-hydrogen) atoms. The smallest absolute Gasteiger partial charge is 0.258 e. The van der Waals surface area contributed by atoms with Gasteiger partial charge in [-0.15, -0.1) is 0 Å². The molecule has 0 radical (unpaired) electrons. The highest BCUT2D eigenvalue weighted by molar-refractivity contribution is 6.06. The number of fused-ring (bicyclic) bond motifs is 1. The Labute approximate surface area is 150 Å². The van der Waals surface area contributed by atoms with Crippen molar-refractivity contribution in [2.24, 2.45) is 5.92 Å². The monoisotopic (exact) mass is 352 g/mol. The second kappa shape index (κ2) is 6.49. The molecule has 1 fully saturated rings. The summed E-state index contributed by atoms with van der Waals surface area (Å²) in [7, 11) is 0. The van der Waals surface area contributed by atoms with Gasteiger partial charge in [0.2, 0.25) is 0 Å². The normalized spacial score (nSPS) is 20.6. The van der Waals surface area contributed by atoms with Crippen LogP contribution in [0.1, 0.15) is 46.3 Å². The van der Waals surface area contributed by atoms with Crippen LogP contribution in [-0.2, 0) is 0 Å². The lowest BCUT2D eigenvalue weighted by Gasteiger charge is -2.37. The van der Waals surface area contributed by atoms with Crippen molar-refractivity contribution >= 4 is 17.0 Å². The number of hydrogen-bond acceptors (Lipinski definition) is 6. The number of nitrogens with zero attached hydrogens (tertiary/aromatic N) is 3. The number of aliphatic hydroxyl groups excluding tert-OH is 1. The molecule has 4 rings (SSSR count). The van der Waals surface area contributed by atoms with Crippen LogP contribution in [0.4, 0.5) is 0 Å². The first-order chi connectivity index (χ1) is 12.5. The molecule has 0 saturated heterocycles. The van der Waals surface area contributed by atoms with Gasteiger partial charge in [0.1, 0.15) is 0 Å². The van der Waals surface area contributed by atoms with Gasteiger partial charge in [0, 0.05) is 11.9 Å². The maximum Gasteiger partial charge on any atom is 0.258 e. The van der Waals surface area contributed by atoms with E-state index >= 15 is 0 Å². The van der Waals surface area contributed by atoms with Gasteiger partial charge in [-0.1, -0.05) is 11.2 Å². The fourth-order valence-electron chi connectivity index (χ4n) is 3.51. The van der Waals surface area contributed by atoms with Crippen molar-refractivity contribution in [2.45, 2.75) is 38.8 Å². The Hall–Kier alpha value is -2.80. The number of hydrogen-bond donors (Lipinski definition) is 2. The summed E-state index contributed by atoms with van der Waals surface area (Å²) < 4.78 is 5.22. The van der Waals surface area contributed by atoms with Crippen molar-refractivity contribution < 1.29 is 14.4 Å². The molecule has 2 N–H and O–H groups in total. The number of carbonyl (C=O) groups is 1. The Morgan fingerprint density at radius 3 is 2.85 bits per heavy atom. The van der Waals surface area contributed by atoms with Crippen LogP contribution in [0, 0.1) is 19.8 Å². The third-order valence-electron chi connectivity index (χ3n) is 4.90. The van der Waals surface area contributed by atoms with Gasteiger partial charge < -0.3 is 14.9 Å². The van der Waals surface area contributed by atoms with Crippen LogP contribution < -0.4 is 5.32 Å². The van der Waals surface area contributed by atoms with Crippen LogP contribution in [-0.4, -0.2) is 32.2 Å². The molecular weight excluding hydrogens is 332 g/mol. The summed E-state index contributed by atoms with van der Waals surface area (Å²) in [6.07, 6.45) is 2.71. The Balaban J connectivity index is 1.68. The summed E-state index contributed by atoms with van der Waals surface area (Å²) in [5.74, 6) is -0.0605. The molecule has 1 unspecified atom stereocenters. The van der Waals surface area contributed by atoms with E-state index < -0.39 is 0 Å². The highest BCUT2D eigenvalue weighted by atomic mass is 16.5. The third-order valence-corrected chi connectivity index (χ3v) is 4.90. The number of pyridine rings is 2. The minimum absolute atomic E-state index is 0.158. The Kier molecular flexibility index (Phi) is 4.16. The van der Waals surface area contributed by atoms with Crippen LogP contribution >= 0.6 is 0 Å². The fourth-order valence-corrected chi connectivity index (χ4v) is 3.51. The minimum atomic E-state index is -0.307. The van der Waals surface area contributed by atoms with Gasteiger partial charge in [-0.05, 0) is 50.8 Å². The first-order valence-electron chi connectivity index (χ1n) is 8.66. The molecule has 1 aliphatic carbocycles. The molecule has 3 heterocycles. The zero-order valence-corrected chi connectivity index (χ0v) is 14.6. The summed E-state index contributed by atoms with van der Waals surface area (Å²) in [4.78, 5) is 21.8. The van der Waals surface area contributed by atoms with Crippen LogP contribution in [0.5, 0.6) is 0 Å². The molecule has 1 amide bonds. The molecule has 0 aromatic carbocycles. The van der Waals surface area contributed by atoms with Gasteiger partial charge in [-0.3, -0.25) is 9.78 Å². The summed E-state index contributed by atoms with van der Waals surface area (Å²) in [6.45, 7) is 3.60. The van der Waals surface area contributed by atoms with E-state index in [2.05, 4.69) is 20.4 Å². The first kappa shape index (κ1) is 16.7. The average molecular weight is 352 g/mol. The zero-order valence-electron chi connectivity index (χ0n) is 14.6. The summed E-state index contributed by atoms with van der Waals surface area (Å²) in [5, 5.41) is 17.3. The van der Waals surface area contributed by atoms with Gasteiger partial charge in [0.15, 0.2) is 0 Å². The molecule has 1 saturated carbocycles. The van der Waals surface area contributed by atoms with E-state index in [1.165, 1.54) is 0 Å². The number of nitrogens with one attached hydrogen (secondary N) is 1. The molecule has 7 nitrogen and oxygen atoms in total. The van der Waals surface area contributed by atoms with E-state index in [4.69, 9.17) is 4.52 Å². The molecule has 1 atom stereocenters. The van der Waals surface area contributed by atoms with E-state index in [1.54, 1.807) is 19.2 Å². The Bertz CT molecular complexity index is 948. The number of aromatic nitrogens is 3. The van der Waals surface area contributed by atoms with E-state index in [-0.39, 0.29) is 24.0 Å². The lowest BCUT2D eigenvalue weighted by atomic mass is 9.76. The third kappa shape index (κ3) is 2.94. The predicted octanol–water partition coefficient (Wildman–Crippen LogP) is 2.48. The maximum atomic E-state index is 13.1. The maximum absolute atomic E-state index is 13.1. The molecule has 0 bridgehead atoms. The van der Waals surface area contributed by atoms with Crippen molar-refractivity contribution in [3.8, 4) is 0 Å². The van der Waals surface area contributed by atoms with Crippen molar-refractivity contribution in [1.29, 1.82) is 0 Å². The largest absolute Gasteiger partial charge is 0.393 e. The van der Waals surface area contributed by atoms with Gasteiger partial charge >= 0.3 is 0 Å². The number of rotatable bonds is 4. The fraction of sp³-hybridized carbons (Fsp3) is 0.368. The molecule has 3 aromatic rings. The van der Waals surface area contributed by atoms with Gasteiger partial charge in [0.25, 0.3) is 11.6 Å². The average Bonchev–Trinajstić information content (AvgIpc) is 2.98. The molecule has 3 aromatic heterocycles. The topological polar surface area (TPSA) is 101 Å². The second-order valence-electron chi connectivity index (χ2n) is 6.85. The number of aliphatic hydroxyl groups is 1. The van der Waals surface area contributed by atoms with E-state index in [9.17, 15) is 9.90 Å². The Morgan fingerprint density at radius 2 is 2.15 bits per heavy atom. The lowest BCUT2D eigenvalue weighted by Crippen LogP contribution is -2.41.